The normalized spacial score (nSPS) is 12.9. The van der Waals surface area contributed by atoms with Crippen molar-refractivity contribution in [2.75, 3.05) is 6.54 Å². The van der Waals surface area contributed by atoms with Crippen LogP contribution in [0.25, 0.3) is 0 Å². The van der Waals surface area contributed by atoms with E-state index in [1.54, 1.807) is 0 Å². The summed E-state index contributed by atoms with van der Waals surface area (Å²) in [6.07, 6.45) is 2.38. The molecule has 0 fully saturated rings. The molecule has 0 radical (unpaired) electrons. The quantitative estimate of drug-likeness (QED) is 0.419. The lowest BCUT2D eigenvalue weighted by molar-refractivity contribution is -0.124. The Balaban J connectivity index is 2.57. The van der Waals surface area contributed by atoms with Crippen molar-refractivity contribution < 1.29 is 28.1 Å². The molecule has 1 rings (SSSR count). The number of carbonyl (C=O) groups excluding carboxylic acids is 1. The van der Waals surface area contributed by atoms with Crippen molar-refractivity contribution in [1.29, 1.82) is 0 Å². The Labute approximate surface area is 135 Å². The minimum Gasteiger partial charge on any atom is -0.404 e. The monoisotopic (exact) mass is 347 g/mol. The van der Waals surface area contributed by atoms with Gasteiger partial charge in [-0.2, -0.15) is 0 Å². The predicted octanol–water partition coefficient (Wildman–Crippen LogP) is 3.04. The number of hydrogen-bond acceptors (Lipinski definition) is 4. The van der Waals surface area contributed by atoms with Crippen LogP contribution in [0.2, 0.25) is 0 Å². The molecule has 0 spiro atoms. The van der Waals surface area contributed by atoms with Crippen molar-refractivity contribution >= 4 is 13.6 Å². The predicted molar refractivity (Wildman–Crippen MR) is 84.7 cm³/mol. The van der Waals surface area contributed by atoms with Crippen LogP contribution in [-0.2, 0) is 9.36 Å². The van der Waals surface area contributed by atoms with E-state index in [1.807, 2.05) is 0 Å². The Hall–Kier alpha value is -1.27. The molecule has 0 saturated heterocycles. The molecule has 1 aromatic carbocycles. The van der Waals surface area contributed by atoms with E-state index >= 15 is 0 Å². The molecule has 0 aromatic heterocycles. The first-order valence-electron chi connectivity index (χ1n) is 7.56. The number of ketones is 1. The zero-order chi connectivity index (χ0) is 17.3. The van der Waals surface area contributed by atoms with Gasteiger partial charge in [0, 0.05) is 12.0 Å². The van der Waals surface area contributed by atoms with Gasteiger partial charge in [-0.1, -0.05) is 37.5 Å². The van der Waals surface area contributed by atoms with Gasteiger partial charge in [-0.15, -0.1) is 0 Å². The van der Waals surface area contributed by atoms with Gasteiger partial charge in [-0.05, 0) is 25.5 Å². The van der Waals surface area contributed by atoms with E-state index in [2.05, 4.69) is 4.52 Å². The molecule has 0 saturated carbocycles. The minimum atomic E-state index is -4.81. The summed E-state index contributed by atoms with van der Waals surface area (Å²) in [5.41, 5.74) is 5.22. The molecule has 0 aliphatic rings. The van der Waals surface area contributed by atoms with Crippen LogP contribution in [0, 0.1) is 0 Å². The number of alkyl halides is 1. The van der Waals surface area contributed by atoms with E-state index in [9.17, 15) is 13.8 Å². The van der Waals surface area contributed by atoms with Crippen LogP contribution in [0.15, 0.2) is 24.3 Å². The van der Waals surface area contributed by atoms with E-state index in [0.29, 0.717) is 13.0 Å². The highest BCUT2D eigenvalue weighted by Crippen LogP contribution is 2.41. The molecule has 23 heavy (non-hydrogen) atoms. The largest absolute Gasteiger partial charge is 0.524 e. The molecule has 130 valence electrons. The van der Waals surface area contributed by atoms with Crippen LogP contribution in [0.3, 0.4) is 0 Å². The summed E-state index contributed by atoms with van der Waals surface area (Å²) in [6, 6.07) is 5.44. The molecule has 0 heterocycles. The van der Waals surface area contributed by atoms with E-state index in [-0.39, 0.29) is 17.7 Å². The fourth-order valence-electron chi connectivity index (χ4n) is 2.18. The lowest BCUT2D eigenvalue weighted by Crippen LogP contribution is -2.09. The molecule has 1 unspecified atom stereocenters. The fourth-order valence-corrected chi connectivity index (χ4v) is 2.60. The van der Waals surface area contributed by atoms with Gasteiger partial charge >= 0.3 is 7.82 Å². The molecule has 0 aliphatic heterocycles. The third-order valence-electron chi connectivity index (χ3n) is 3.32. The number of phosphoric acid groups is 1. The minimum absolute atomic E-state index is 0.0774. The number of carbonyl (C=O) groups is 1. The average molecular weight is 347 g/mol. The number of unbranched alkanes of at least 4 members (excludes halogenated alkanes) is 4. The number of Topliss-reactive ketones (excluding diaryl/α,β-unsaturated/α-hetero) is 1. The lowest BCUT2D eigenvalue weighted by atomic mass is 10.0. The standard InChI is InChI=1S/C15H23FNO5P/c16-15(13(18)9-4-2-1-3-7-11-17)12-8-5-6-10-14(12)22-23(19,20)21/h5-6,8,10,15H,1-4,7,9,11,17H2,(H2,19,20,21). The Bertz CT molecular complexity index is 548. The Morgan fingerprint density at radius 3 is 2.43 bits per heavy atom. The van der Waals surface area contributed by atoms with Crippen molar-refractivity contribution in [2.45, 2.75) is 44.7 Å². The molecule has 0 aliphatic carbocycles. The molecule has 0 amide bonds. The van der Waals surface area contributed by atoms with Crippen LogP contribution in [0.5, 0.6) is 5.75 Å². The number of nitrogens with two attached hydrogens (primary N) is 1. The third-order valence-corrected chi connectivity index (χ3v) is 3.75. The van der Waals surface area contributed by atoms with Gasteiger partial charge < -0.3 is 10.3 Å². The summed E-state index contributed by atoms with van der Waals surface area (Å²) in [4.78, 5) is 29.6. The van der Waals surface area contributed by atoms with Crippen molar-refractivity contribution in [3.63, 3.8) is 0 Å². The molecule has 0 bridgehead atoms. The zero-order valence-corrected chi connectivity index (χ0v) is 13.8. The van der Waals surface area contributed by atoms with Crippen LogP contribution >= 0.6 is 7.82 Å². The van der Waals surface area contributed by atoms with E-state index < -0.39 is 19.8 Å². The molecule has 1 atom stereocenters. The smallest absolute Gasteiger partial charge is 0.404 e. The first kappa shape index (κ1) is 19.8. The molecular weight excluding hydrogens is 324 g/mol. The highest BCUT2D eigenvalue weighted by atomic mass is 31.2. The number of benzene rings is 1. The summed E-state index contributed by atoms with van der Waals surface area (Å²) in [6.45, 7) is 0.641. The summed E-state index contributed by atoms with van der Waals surface area (Å²) in [5.74, 6) is -0.935. The fraction of sp³-hybridized carbons (Fsp3) is 0.533. The van der Waals surface area contributed by atoms with Crippen molar-refractivity contribution in [2.24, 2.45) is 5.73 Å². The summed E-state index contributed by atoms with van der Waals surface area (Å²) in [5, 5.41) is 0. The first-order chi connectivity index (χ1) is 10.8. The zero-order valence-electron chi connectivity index (χ0n) is 12.9. The number of rotatable bonds is 11. The molecule has 6 nitrogen and oxygen atoms in total. The second-order valence-corrected chi connectivity index (χ2v) is 6.42. The Morgan fingerprint density at radius 2 is 1.78 bits per heavy atom. The summed E-state index contributed by atoms with van der Waals surface area (Å²) < 4.78 is 29.6. The van der Waals surface area contributed by atoms with Crippen LogP contribution < -0.4 is 10.3 Å². The number of hydrogen-bond donors (Lipinski definition) is 3. The summed E-state index contributed by atoms with van der Waals surface area (Å²) in [7, 11) is -4.81. The average Bonchev–Trinajstić information content (AvgIpc) is 2.49. The molecular formula is C15H23FNO5P. The van der Waals surface area contributed by atoms with Gasteiger partial charge in [0.1, 0.15) is 5.75 Å². The maximum absolute atomic E-state index is 14.3. The Kier molecular flexibility index (Phi) is 8.41. The SMILES string of the molecule is NCCCCCCCC(=O)C(F)c1ccccc1OP(=O)(O)O. The van der Waals surface area contributed by atoms with Gasteiger partial charge in [0.25, 0.3) is 0 Å². The van der Waals surface area contributed by atoms with Gasteiger partial charge in [0.2, 0.25) is 0 Å². The third kappa shape index (κ3) is 7.70. The molecule has 8 heteroatoms. The van der Waals surface area contributed by atoms with Crippen LogP contribution in [0.4, 0.5) is 4.39 Å². The van der Waals surface area contributed by atoms with E-state index in [0.717, 1.165) is 25.7 Å². The molecule has 4 N–H and O–H groups in total. The second kappa shape index (κ2) is 9.78. The maximum Gasteiger partial charge on any atom is 0.524 e. The lowest BCUT2D eigenvalue weighted by Gasteiger charge is -2.14. The van der Waals surface area contributed by atoms with Gasteiger partial charge in [0.15, 0.2) is 12.0 Å². The highest BCUT2D eigenvalue weighted by Gasteiger charge is 2.26. The van der Waals surface area contributed by atoms with E-state index in [4.69, 9.17) is 15.5 Å². The first-order valence-corrected chi connectivity index (χ1v) is 9.09. The van der Waals surface area contributed by atoms with Crippen molar-refractivity contribution in [1.82, 2.24) is 0 Å². The van der Waals surface area contributed by atoms with Gasteiger partial charge in [-0.25, -0.2) is 8.96 Å². The maximum atomic E-state index is 14.3. The molecule has 1 aromatic rings. The van der Waals surface area contributed by atoms with Crippen LogP contribution in [-0.4, -0.2) is 22.1 Å². The van der Waals surface area contributed by atoms with E-state index in [1.165, 1.54) is 24.3 Å². The highest BCUT2D eigenvalue weighted by molar-refractivity contribution is 7.46. The Morgan fingerprint density at radius 1 is 1.17 bits per heavy atom. The topological polar surface area (TPSA) is 110 Å². The number of phosphoric ester groups is 1. The summed E-state index contributed by atoms with van der Waals surface area (Å²) >= 11 is 0. The van der Waals surface area contributed by atoms with Crippen LogP contribution in [0.1, 0.15) is 50.3 Å². The van der Waals surface area contributed by atoms with Crippen molar-refractivity contribution in [3.05, 3.63) is 29.8 Å². The number of halogens is 1. The second-order valence-electron chi connectivity index (χ2n) is 5.26. The number of para-hydroxylation sites is 1. The van der Waals surface area contributed by atoms with Gasteiger partial charge in [0.05, 0.1) is 0 Å². The van der Waals surface area contributed by atoms with Crippen molar-refractivity contribution in [3.8, 4) is 5.75 Å². The van der Waals surface area contributed by atoms with Gasteiger partial charge in [-0.3, -0.25) is 14.6 Å².